The van der Waals surface area contributed by atoms with E-state index in [1.165, 1.54) is 26.1 Å². The molecule has 1 N–H and O–H groups in total. The second-order valence-corrected chi connectivity index (χ2v) is 6.29. The monoisotopic (exact) mass is 407 g/mol. The van der Waals surface area contributed by atoms with Gasteiger partial charge in [0.05, 0.1) is 21.7 Å². The minimum atomic E-state index is -1.10. The largest absolute Gasteiger partial charge is 0.479 e. The molecule has 27 heavy (non-hydrogen) atoms. The number of halogens is 2. The molecule has 0 aliphatic heterocycles. The molecule has 1 heterocycles. The highest BCUT2D eigenvalue weighted by Gasteiger charge is 2.24. The minimum Gasteiger partial charge on any atom is -0.479 e. The summed E-state index contributed by atoms with van der Waals surface area (Å²) in [7, 11) is 0. The lowest BCUT2D eigenvalue weighted by Gasteiger charge is -2.18. The molecule has 2 atom stereocenters. The molecule has 1 aromatic heterocycles. The maximum Gasteiger partial charge on any atom is 0.347 e. The highest BCUT2D eigenvalue weighted by molar-refractivity contribution is 6.36. The summed E-state index contributed by atoms with van der Waals surface area (Å²) in [5, 5.41) is 11.7. The van der Waals surface area contributed by atoms with Crippen molar-refractivity contribution in [3.05, 3.63) is 52.1 Å². The van der Waals surface area contributed by atoms with E-state index in [0.717, 1.165) is 0 Å². The van der Waals surface area contributed by atoms with Crippen molar-refractivity contribution >= 4 is 40.9 Å². The maximum absolute atomic E-state index is 12.1. The molecule has 0 radical (unpaired) electrons. The molecule has 0 unspecified atom stereocenters. The zero-order valence-electron chi connectivity index (χ0n) is 14.4. The zero-order chi connectivity index (χ0) is 20.0. The zero-order valence-corrected chi connectivity index (χ0v) is 15.9. The van der Waals surface area contributed by atoms with Gasteiger partial charge in [-0.15, -0.1) is 0 Å². The van der Waals surface area contributed by atoms with Gasteiger partial charge in [-0.25, -0.2) is 9.78 Å². The van der Waals surface area contributed by atoms with E-state index in [1.807, 2.05) is 6.07 Å². The summed E-state index contributed by atoms with van der Waals surface area (Å²) in [6.07, 6.45) is -0.726. The number of hydrogen-bond donors (Lipinski definition) is 1. The van der Waals surface area contributed by atoms with Crippen LogP contribution >= 0.6 is 23.2 Å². The lowest BCUT2D eigenvalue weighted by molar-refractivity contribution is -0.159. The van der Waals surface area contributed by atoms with Crippen molar-refractivity contribution < 1.29 is 19.1 Å². The van der Waals surface area contributed by atoms with Crippen LogP contribution in [0.3, 0.4) is 0 Å². The number of nitrogens with one attached hydrogen (secondary N) is 1. The number of nitrogens with zero attached hydrogens (tertiary/aromatic N) is 2. The molecule has 9 heteroatoms. The van der Waals surface area contributed by atoms with E-state index in [9.17, 15) is 9.59 Å². The van der Waals surface area contributed by atoms with Crippen molar-refractivity contribution in [2.24, 2.45) is 0 Å². The molecule has 0 fully saturated rings. The molecule has 2 aromatic rings. The van der Waals surface area contributed by atoms with E-state index in [-0.39, 0.29) is 10.8 Å². The van der Waals surface area contributed by atoms with Crippen LogP contribution in [0, 0.1) is 11.3 Å². The Balaban J connectivity index is 1.91. The van der Waals surface area contributed by atoms with Crippen molar-refractivity contribution in [3.63, 3.8) is 0 Å². The highest BCUT2D eigenvalue weighted by atomic mass is 35.5. The Morgan fingerprint density at radius 2 is 1.85 bits per heavy atom. The maximum atomic E-state index is 12.1. The molecular weight excluding hydrogens is 393 g/mol. The predicted molar refractivity (Wildman–Crippen MR) is 99.7 cm³/mol. The average Bonchev–Trinajstić information content (AvgIpc) is 2.64. The van der Waals surface area contributed by atoms with E-state index >= 15 is 0 Å². The topological polar surface area (TPSA) is 101 Å². The SMILES string of the molecule is C[C@H](OC(=O)[C@@H](C)Oc1ccc(C#N)cc1)C(=O)Nc1ncc(Cl)cc1Cl. The third kappa shape index (κ3) is 5.84. The lowest BCUT2D eigenvalue weighted by atomic mass is 10.2. The van der Waals surface area contributed by atoms with Crippen molar-refractivity contribution in [2.45, 2.75) is 26.1 Å². The van der Waals surface area contributed by atoms with Crippen molar-refractivity contribution in [1.29, 1.82) is 5.26 Å². The quantitative estimate of drug-likeness (QED) is 0.733. The number of hydrogen-bond acceptors (Lipinski definition) is 6. The molecular formula is C18H15Cl2N3O4. The van der Waals surface area contributed by atoms with E-state index < -0.39 is 24.1 Å². The number of carbonyl (C=O) groups is 2. The molecule has 0 bridgehead atoms. The van der Waals surface area contributed by atoms with Crippen LogP contribution in [0.25, 0.3) is 0 Å². The molecule has 140 valence electrons. The number of esters is 1. The molecule has 2 rings (SSSR count). The average molecular weight is 408 g/mol. The van der Waals surface area contributed by atoms with E-state index in [1.54, 1.807) is 24.3 Å². The van der Waals surface area contributed by atoms with Crippen molar-refractivity contribution in [2.75, 3.05) is 5.32 Å². The summed E-state index contributed by atoms with van der Waals surface area (Å²) in [4.78, 5) is 28.2. The number of nitriles is 1. The summed E-state index contributed by atoms with van der Waals surface area (Å²) < 4.78 is 10.5. The molecule has 0 saturated carbocycles. The standard InChI is InChI=1S/C18H15Cl2N3O4/c1-10(17(24)23-16-15(20)7-13(19)9-22-16)27-18(25)11(2)26-14-5-3-12(8-21)4-6-14/h3-7,9-11H,1-2H3,(H,22,23,24)/t10-,11+/m0/s1. The van der Waals surface area contributed by atoms with Gasteiger partial charge in [-0.3, -0.25) is 4.79 Å². The van der Waals surface area contributed by atoms with E-state index in [4.69, 9.17) is 37.9 Å². The Bertz CT molecular complexity index is 881. The number of carbonyl (C=O) groups excluding carboxylic acids is 2. The van der Waals surface area contributed by atoms with E-state index in [0.29, 0.717) is 16.3 Å². The van der Waals surface area contributed by atoms with Gasteiger partial charge in [0.2, 0.25) is 0 Å². The summed E-state index contributed by atoms with van der Waals surface area (Å²) in [5.41, 5.74) is 0.470. The lowest BCUT2D eigenvalue weighted by Crippen LogP contribution is -2.35. The van der Waals surface area contributed by atoms with Crippen LogP contribution < -0.4 is 10.1 Å². The summed E-state index contributed by atoms with van der Waals surface area (Å²) >= 11 is 11.7. The van der Waals surface area contributed by atoms with Gasteiger partial charge in [-0.1, -0.05) is 23.2 Å². The number of benzene rings is 1. The van der Waals surface area contributed by atoms with Crippen LogP contribution in [0.5, 0.6) is 5.75 Å². The Morgan fingerprint density at radius 1 is 1.19 bits per heavy atom. The van der Waals surface area contributed by atoms with Crippen molar-refractivity contribution in [3.8, 4) is 11.8 Å². The Morgan fingerprint density at radius 3 is 2.44 bits per heavy atom. The molecule has 1 amide bonds. The van der Waals surface area contributed by atoms with Gasteiger partial charge >= 0.3 is 5.97 Å². The van der Waals surface area contributed by atoms with Gasteiger partial charge in [-0.05, 0) is 44.2 Å². The summed E-state index contributed by atoms with van der Waals surface area (Å²) in [5.74, 6) is -0.827. The molecule has 0 spiro atoms. The number of rotatable bonds is 6. The Labute approximate surface area is 165 Å². The van der Waals surface area contributed by atoms with Gasteiger partial charge in [0, 0.05) is 6.20 Å². The highest BCUT2D eigenvalue weighted by Crippen LogP contribution is 2.22. The van der Waals surface area contributed by atoms with Crippen LogP contribution in [0.15, 0.2) is 36.5 Å². The minimum absolute atomic E-state index is 0.107. The molecule has 0 saturated heterocycles. The fraction of sp³-hybridized carbons (Fsp3) is 0.222. The van der Waals surface area contributed by atoms with Gasteiger partial charge in [0.1, 0.15) is 5.75 Å². The number of pyridine rings is 1. The summed E-state index contributed by atoms with van der Waals surface area (Å²) in [6, 6.07) is 9.66. The number of amides is 1. The molecule has 0 aliphatic rings. The third-order valence-corrected chi connectivity index (χ3v) is 3.83. The van der Waals surface area contributed by atoms with Crippen LogP contribution in [0.4, 0.5) is 5.82 Å². The fourth-order valence-corrected chi connectivity index (χ4v) is 2.34. The van der Waals surface area contributed by atoms with Gasteiger partial charge in [-0.2, -0.15) is 5.26 Å². The first kappa shape index (κ1) is 20.5. The van der Waals surface area contributed by atoms with Crippen molar-refractivity contribution in [1.82, 2.24) is 4.98 Å². The van der Waals surface area contributed by atoms with Gasteiger partial charge in [0.25, 0.3) is 5.91 Å². The number of anilines is 1. The smallest absolute Gasteiger partial charge is 0.347 e. The third-order valence-electron chi connectivity index (χ3n) is 3.34. The van der Waals surface area contributed by atoms with Gasteiger partial charge in [0.15, 0.2) is 18.0 Å². The molecule has 1 aromatic carbocycles. The Hall–Kier alpha value is -2.82. The van der Waals surface area contributed by atoms with Gasteiger partial charge < -0.3 is 14.8 Å². The summed E-state index contributed by atoms with van der Waals surface area (Å²) in [6.45, 7) is 2.90. The second kappa shape index (κ2) is 9.21. The first-order chi connectivity index (χ1) is 12.8. The molecule has 0 aliphatic carbocycles. The predicted octanol–water partition coefficient (Wildman–Crippen LogP) is 3.60. The van der Waals surface area contributed by atoms with Crippen LogP contribution in [0.2, 0.25) is 10.0 Å². The van der Waals surface area contributed by atoms with Crippen LogP contribution in [-0.2, 0) is 14.3 Å². The van der Waals surface area contributed by atoms with Crippen LogP contribution in [-0.4, -0.2) is 29.1 Å². The first-order valence-corrected chi connectivity index (χ1v) is 8.55. The molecule has 7 nitrogen and oxygen atoms in total. The van der Waals surface area contributed by atoms with Crippen LogP contribution in [0.1, 0.15) is 19.4 Å². The Kier molecular flexibility index (Phi) is 6.99. The number of aromatic nitrogens is 1. The normalized spacial score (nSPS) is 12.4. The van der Waals surface area contributed by atoms with E-state index in [2.05, 4.69) is 10.3 Å². The first-order valence-electron chi connectivity index (χ1n) is 7.79. The second-order valence-electron chi connectivity index (χ2n) is 5.45. The fourth-order valence-electron chi connectivity index (χ4n) is 1.91. The number of ether oxygens (including phenoxy) is 2.